The van der Waals surface area contributed by atoms with Crippen molar-refractivity contribution in [2.24, 2.45) is 4.99 Å². The zero-order chi connectivity index (χ0) is 24.2. The lowest BCUT2D eigenvalue weighted by molar-refractivity contribution is 0.0860. The largest absolute Gasteiger partial charge is 0.450 e. The second-order valence-electron chi connectivity index (χ2n) is 9.20. The van der Waals surface area contributed by atoms with Crippen molar-refractivity contribution >= 4 is 35.3 Å². The number of amides is 2. The Morgan fingerprint density at radius 3 is 2.57 bits per heavy atom. The Kier molecular flexibility index (Phi) is 7.27. The molecule has 8 heteroatoms. The van der Waals surface area contributed by atoms with Gasteiger partial charge in [-0.25, -0.2) is 9.79 Å². The Hall–Kier alpha value is -3.00. The van der Waals surface area contributed by atoms with E-state index in [1.807, 2.05) is 25.1 Å². The van der Waals surface area contributed by atoms with E-state index in [2.05, 4.69) is 34.5 Å². The predicted octanol–water partition coefficient (Wildman–Crippen LogP) is 5.07. The van der Waals surface area contributed by atoms with Crippen molar-refractivity contribution in [1.82, 2.24) is 15.1 Å². The first kappa shape index (κ1) is 23.7. The third kappa shape index (κ3) is 5.32. The Labute approximate surface area is 210 Å². The van der Waals surface area contributed by atoms with Gasteiger partial charge >= 0.3 is 6.09 Å². The minimum Gasteiger partial charge on any atom is -0.450 e. The fourth-order valence-electron chi connectivity index (χ4n) is 4.90. The molecule has 0 unspecified atom stereocenters. The highest BCUT2D eigenvalue weighted by molar-refractivity contribution is 7.99. The number of carbonyl (C=O) groups excluding carboxylic acids is 2. The van der Waals surface area contributed by atoms with Crippen LogP contribution in [0.1, 0.15) is 54.9 Å². The van der Waals surface area contributed by atoms with Crippen LogP contribution in [0.3, 0.4) is 0 Å². The number of amidine groups is 1. The number of nitrogens with zero attached hydrogens (tertiary/aromatic N) is 3. The third-order valence-corrected chi connectivity index (χ3v) is 7.95. The number of piperidine rings is 2. The molecule has 7 nitrogen and oxygen atoms in total. The van der Waals surface area contributed by atoms with Crippen LogP contribution in [0.15, 0.2) is 57.2 Å². The van der Waals surface area contributed by atoms with E-state index in [4.69, 9.17) is 9.73 Å². The molecule has 0 radical (unpaired) electrons. The highest BCUT2D eigenvalue weighted by Crippen LogP contribution is 2.41. The lowest BCUT2D eigenvalue weighted by Crippen LogP contribution is -2.46. The highest BCUT2D eigenvalue weighted by Gasteiger charge is 2.26. The van der Waals surface area contributed by atoms with Crippen LogP contribution in [0.5, 0.6) is 0 Å². The van der Waals surface area contributed by atoms with E-state index in [0.717, 1.165) is 47.9 Å². The van der Waals surface area contributed by atoms with E-state index >= 15 is 0 Å². The molecule has 0 atom stereocenters. The average Bonchev–Trinajstić information content (AvgIpc) is 3.06. The number of carbonyl (C=O) groups is 2. The zero-order valence-electron chi connectivity index (χ0n) is 20.2. The minimum atomic E-state index is -0.274. The molecule has 0 spiro atoms. The summed E-state index contributed by atoms with van der Waals surface area (Å²) >= 11 is 1.71. The number of benzene rings is 2. The number of aliphatic imine (C=N–C) groups is 1. The first-order valence-electron chi connectivity index (χ1n) is 12.6. The molecule has 2 amide bonds. The molecule has 0 aliphatic carbocycles. The Morgan fingerprint density at radius 1 is 1.03 bits per heavy atom. The van der Waals surface area contributed by atoms with E-state index in [9.17, 15) is 9.59 Å². The number of ether oxygens (including phenoxy) is 1. The zero-order valence-corrected chi connectivity index (χ0v) is 21.0. The average molecular weight is 493 g/mol. The number of likely N-dealkylation sites (tertiary alicyclic amines) is 2. The summed E-state index contributed by atoms with van der Waals surface area (Å²) in [6, 6.07) is 14.3. The fourth-order valence-corrected chi connectivity index (χ4v) is 5.90. The number of fused-ring (bicyclic) bond motifs is 2. The number of hydrogen-bond donors (Lipinski definition) is 1. The molecule has 2 saturated heterocycles. The van der Waals surface area contributed by atoms with Gasteiger partial charge in [0.15, 0.2) is 0 Å². The predicted molar refractivity (Wildman–Crippen MR) is 138 cm³/mol. The van der Waals surface area contributed by atoms with Crippen LogP contribution in [0.25, 0.3) is 0 Å². The molecular formula is C27H32N4O3S. The van der Waals surface area contributed by atoms with Crippen molar-refractivity contribution in [1.29, 1.82) is 0 Å². The number of hydrogen-bond acceptors (Lipinski definition) is 6. The molecule has 5 rings (SSSR count). The molecule has 0 bridgehead atoms. The van der Waals surface area contributed by atoms with Gasteiger partial charge in [0.1, 0.15) is 5.84 Å². The maximum atomic E-state index is 13.1. The van der Waals surface area contributed by atoms with E-state index in [1.165, 1.54) is 24.2 Å². The van der Waals surface area contributed by atoms with Crippen molar-refractivity contribution < 1.29 is 14.3 Å². The molecule has 2 fully saturated rings. The normalized spacial score (nSPS) is 18.1. The molecule has 184 valence electrons. The van der Waals surface area contributed by atoms with Crippen molar-refractivity contribution in [3.8, 4) is 0 Å². The molecule has 1 N–H and O–H groups in total. The molecule has 3 heterocycles. The molecule has 3 aliphatic heterocycles. The summed E-state index contributed by atoms with van der Waals surface area (Å²) in [5.74, 6) is 0.916. The third-order valence-electron chi connectivity index (χ3n) is 6.81. The molecule has 2 aromatic rings. The van der Waals surface area contributed by atoms with E-state index < -0.39 is 0 Å². The maximum absolute atomic E-state index is 13.1. The van der Waals surface area contributed by atoms with Gasteiger partial charge in [-0.2, -0.15) is 0 Å². The van der Waals surface area contributed by atoms with Gasteiger partial charge in [0, 0.05) is 53.1 Å². The standard InChI is InChI=1S/C27H32N4O3S/c1-2-34-27(33)31-16-12-20(13-17-31)28-26(32)19-10-11-24-22(18-19)29-25(30-14-6-3-7-15-30)21-8-4-5-9-23(21)35-24/h4-5,8-11,18,20H,2-3,6-7,12-17H2,1H3,(H,28,32). The van der Waals surface area contributed by atoms with Gasteiger partial charge in [0.25, 0.3) is 5.91 Å². The van der Waals surface area contributed by atoms with Crippen LogP contribution in [0.2, 0.25) is 0 Å². The molecule has 35 heavy (non-hydrogen) atoms. The summed E-state index contributed by atoms with van der Waals surface area (Å²) < 4.78 is 5.09. The Bertz CT molecular complexity index is 1120. The topological polar surface area (TPSA) is 74.2 Å². The minimum absolute atomic E-state index is 0.0398. The van der Waals surface area contributed by atoms with Crippen molar-refractivity contribution in [2.45, 2.75) is 54.9 Å². The van der Waals surface area contributed by atoms with Gasteiger partial charge in [-0.15, -0.1) is 0 Å². The second-order valence-corrected chi connectivity index (χ2v) is 10.3. The number of rotatable bonds is 3. The van der Waals surface area contributed by atoms with Crippen molar-refractivity contribution in [3.63, 3.8) is 0 Å². The highest BCUT2D eigenvalue weighted by atomic mass is 32.2. The van der Waals surface area contributed by atoms with Crippen LogP contribution in [-0.4, -0.2) is 66.5 Å². The van der Waals surface area contributed by atoms with Crippen LogP contribution >= 0.6 is 11.8 Å². The van der Waals surface area contributed by atoms with Crippen molar-refractivity contribution in [3.05, 3.63) is 53.6 Å². The quantitative estimate of drug-likeness (QED) is 0.648. The monoisotopic (exact) mass is 492 g/mol. The van der Waals surface area contributed by atoms with E-state index in [0.29, 0.717) is 25.3 Å². The van der Waals surface area contributed by atoms with Crippen LogP contribution in [0.4, 0.5) is 10.5 Å². The molecule has 2 aromatic carbocycles. The van der Waals surface area contributed by atoms with Crippen LogP contribution in [-0.2, 0) is 4.74 Å². The SMILES string of the molecule is CCOC(=O)N1CCC(NC(=O)c2ccc3c(c2)N=C(N2CCCCC2)c2ccccc2S3)CC1. The first-order chi connectivity index (χ1) is 17.1. The van der Waals surface area contributed by atoms with Gasteiger partial charge in [0.2, 0.25) is 0 Å². The molecule has 0 saturated carbocycles. The van der Waals surface area contributed by atoms with Gasteiger partial charge in [-0.05, 0) is 63.3 Å². The second kappa shape index (κ2) is 10.7. The summed E-state index contributed by atoms with van der Waals surface area (Å²) in [6.07, 6.45) is 4.79. The first-order valence-corrected chi connectivity index (χ1v) is 13.4. The van der Waals surface area contributed by atoms with Gasteiger partial charge < -0.3 is 19.9 Å². The Morgan fingerprint density at radius 2 is 1.80 bits per heavy atom. The molecular weight excluding hydrogens is 460 g/mol. The fraction of sp³-hybridized carbons (Fsp3) is 0.444. The summed E-state index contributed by atoms with van der Waals surface area (Å²) in [5, 5.41) is 3.16. The smallest absolute Gasteiger partial charge is 0.409 e. The summed E-state index contributed by atoms with van der Waals surface area (Å²) in [4.78, 5) is 36.5. The van der Waals surface area contributed by atoms with Crippen LogP contribution < -0.4 is 5.32 Å². The van der Waals surface area contributed by atoms with Gasteiger partial charge in [0.05, 0.1) is 12.3 Å². The maximum Gasteiger partial charge on any atom is 0.409 e. The van der Waals surface area contributed by atoms with Crippen molar-refractivity contribution in [2.75, 3.05) is 32.8 Å². The van der Waals surface area contributed by atoms with E-state index in [1.54, 1.807) is 16.7 Å². The molecule has 0 aromatic heterocycles. The van der Waals surface area contributed by atoms with E-state index in [-0.39, 0.29) is 18.0 Å². The summed E-state index contributed by atoms with van der Waals surface area (Å²) in [5.41, 5.74) is 2.62. The summed E-state index contributed by atoms with van der Waals surface area (Å²) in [6.45, 7) is 5.38. The van der Waals surface area contributed by atoms with Crippen LogP contribution in [0, 0.1) is 0 Å². The van der Waals surface area contributed by atoms with Gasteiger partial charge in [-0.1, -0.05) is 30.0 Å². The number of nitrogens with one attached hydrogen (secondary N) is 1. The Balaban J connectivity index is 1.34. The lowest BCUT2D eigenvalue weighted by atomic mass is 10.0. The lowest BCUT2D eigenvalue weighted by Gasteiger charge is -2.31. The van der Waals surface area contributed by atoms with Gasteiger partial charge in [-0.3, -0.25) is 4.79 Å². The summed E-state index contributed by atoms with van der Waals surface area (Å²) in [7, 11) is 0. The molecule has 3 aliphatic rings.